The van der Waals surface area contributed by atoms with Crippen LogP contribution in [0.4, 0.5) is 5.69 Å². The van der Waals surface area contributed by atoms with Gasteiger partial charge in [0.25, 0.3) is 5.91 Å². The molecule has 0 spiro atoms. The molecule has 0 aliphatic carbocycles. The van der Waals surface area contributed by atoms with Gasteiger partial charge >= 0.3 is 0 Å². The smallest absolute Gasteiger partial charge is 0.264 e. The second-order valence-electron chi connectivity index (χ2n) is 7.93. The minimum Gasteiger partial charge on any atom is -0.484 e. The molecule has 174 valence electrons. The fourth-order valence-electron chi connectivity index (χ4n) is 3.49. The Morgan fingerprint density at radius 2 is 1.62 bits per heavy atom. The number of nitrogens with zero attached hydrogens (tertiary/aromatic N) is 1. The monoisotopic (exact) mass is 473 g/mol. The standard InChI is InChI=1S/C27H27N3O3S/c1-3-18-7-12-22(13-8-18)32-17-25(31)30-27(34)28-21-10-5-20(6-11-21)16-26-29-23-15-19(4-2)9-14-24(23)33-26/h5-15H,3-4,16-17H2,1-2H3,(H2,28,30,31,34). The average molecular weight is 474 g/mol. The molecule has 0 bridgehead atoms. The highest BCUT2D eigenvalue weighted by Gasteiger charge is 2.09. The predicted octanol–water partition coefficient (Wildman–Crippen LogP) is 5.44. The molecular weight excluding hydrogens is 446 g/mol. The third-order valence-electron chi connectivity index (χ3n) is 5.43. The van der Waals surface area contributed by atoms with E-state index in [1.165, 1.54) is 11.1 Å². The summed E-state index contributed by atoms with van der Waals surface area (Å²) in [4.78, 5) is 16.7. The largest absolute Gasteiger partial charge is 0.484 e. The maximum Gasteiger partial charge on any atom is 0.264 e. The van der Waals surface area contributed by atoms with E-state index in [1.54, 1.807) is 0 Å². The van der Waals surface area contributed by atoms with Gasteiger partial charge in [-0.2, -0.15) is 0 Å². The highest BCUT2D eigenvalue weighted by atomic mass is 32.1. The molecule has 0 saturated carbocycles. The lowest BCUT2D eigenvalue weighted by atomic mass is 10.1. The number of ether oxygens (including phenoxy) is 1. The number of rotatable bonds is 8. The summed E-state index contributed by atoms with van der Waals surface area (Å²) >= 11 is 5.25. The van der Waals surface area contributed by atoms with Crippen LogP contribution in [0.25, 0.3) is 11.1 Å². The Balaban J connectivity index is 1.26. The Labute approximate surface area is 204 Å². The number of aromatic nitrogens is 1. The fourth-order valence-corrected chi connectivity index (χ4v) is 3.72. The van der Waals surface area contributed by atoms with Crippen LogP contribution in [0.3, 0.4) is 0 Å². The van der Waals surface area contributed by atoms with Crippen molar-refractivity contribution in [1.82, 2.24) is 10.3 Å². The molecule has 0 radical (unpaired) electrons. The number of hydrogen-bond donors (Lipinski definition) is 2. The minimum atomic E-state index is -0.323. The Bertz CT molecular complexity index is 1280. The molecule has 34 heavy (non-hydrogen) atoms. The number of carbonyl (C=O) groups is 1. The second-order valence-corrected chi connectivity index (χ2v) is 8.33. The summed E-state index contributed by atoms with van der Waals surface area (Å²) in [6.45, 7) is 4.09. The van der Waals surface area contributed by atoms with Crippen molar-refractivity contribution < 1.29 is 13.9 Å². The van der Waals surface area contributed by atoms with Crippen LogP contribution in [0.15, 0.2) is 71.1 Å². The van der Waals surface area contributed by atoms with Gasteiger partial charge in [-0.1, -0.05) is 44.2 Å². The SMILES string of the molecule is CCc1ccc(OCC(=O)NC(=S)Nc2ccc(Cc3nc4cc(CC)ccc4o3)cc2)cc1. The number of fused-ring (bicyclic) bond motifs is 1. The lowest BCUT2D eigenvalue weighted by Crippen LogP contribution is -2.37. The Hall–Kier alpha value is -3.71. The van der Waals surface area contributed by atoms with Crippen molar-refractivity contribution in [2.75, 3.05) is 11.9 Å². The van der Waals surface area contributed by atoms with Crippen LogP contribution in [0.1, 0.15) is 36.4 Å². The van der Waals surface area contributed by atoms with Crippen molar-refractivity contribution in [2.45, 2.75) is 33.1 Å². The zero-order valence-corrected chi connectivity index (χ0v) is 20.1. The molecule has 1 amide bonds. The van der Waals surface area contributed by atoms with E-state index >= 15 is 0 Å². The van der Waals surface area contributed by atoms with Gasteiger partial charge in [-0.25, -0.2) is 4.98 Å². The molecule has 2 N–H and O–H groups in total. The predicted molar refractivity (Wildman–Crippen MR) is 138 cm³/mol. The molecule has 3 aromatic carbocycles. The molecule has 0 aliphatic rings. The van der Waals surface area contributed by atoms with Gasteiger partial charge in [-0.05, 0) is 78.1 Å². The number of thiocarbonyl (C=S) groups is 1. The van der Waals surface area contributed by atoms with Crippen molar-refractivity contribution in [3.63, 3.8) is 0 Å². The first-order valence-corrected chi connectivity index (χ1v) is 11.7. The van der Waals surface area contributed by atoms with Crippen LogP contribution in [0, 0.1) is 0 Å². The number of carbonyl (C=O) groups excluding carboxylic acids is 1. The van der Waals surface area contributed by atoms with E-state index in [0.717, 1.165) is 35.2 Å². The van der Waals surface area contributed by atoms with E-state index in [4.69, 9.17) is 21.4 Å². The first-order chi connectivity index (χ1) is 16.5. The van der Waals surface area contributed by atoms with Gasteiger partial charge in [0.1, 0.15) is 11.3 Å². The molecule has 7 heteroatoms. The Kier molecular flexibility index (Phi) is 7.54. The lowest BCUT2D eigenvalue weighted by molar-refractivity contribution is -0.121. The van der Waals surface area contributed by atoms with E-state index in [-0.39, 0.29) is 17.6 Å². The maximum absolute atomic E-state index is 12.1. The van der Waals surface area contributed by atoms with E-state index in [0.29, 0.717) is 18.1 Å². The molecular formula is C27H27N3O3S. The number of oxazole rings is 1. The highest BCUT2D eigenvalue weighted by Crippen LogP contribution is 2.20. The summed E-state index contributed by atoms with van der Waals surface area (Å²) in [6.07, 6.45) is 2.52. The van der Waals surface area contributed by atoms with Crippen LogP contribution in [0.2, 0.25) is 0 Å². The zero-order valence-electron chi connectivity index (χ0n) is 19.3. The molecule has 4 rings (SSSR count). The van der Waals surface area contributed by atoms with Crippen molar-refractivity contribution in [2.24, 2.45) is 0 Å². The van der Waals surface area contributed by atoms with Gasteiger partial charge < -0.3 is 14.5 Å². The summed E-state index contributed by atoms with van der Waals surface area (Å²) in [6, 6.07) is 21.5. The lowest BCUT2D eigenvalue weighted by Gasteiger charge is -2.11. The summed E-state index contributed by atoms with van der Waals surface area (Å²) in [5, 5.41) is 5.86. The fraction of sp³-hybridized carbons (Fsp3) is 0.222. The summed E-state index contributed by atoms with van der Waals surface area (Å²) in [7, 11) is 0. The third-order valence-corrected chi connectivity index (χ3v) is 5.63. The quantitative estimate of drug-likeness (QED) is 0.332. The van der Waals surface area contributed by atoms with E-state index in [1.807, 2.05) is 54.6 Å². The van der Waals surface area contributed by atoms with Crippen molar-refractivity contribution in [1.29, 1.82) is 0 Å². The molecule has 0 atom stereocenters. The van der Waals surface area contributed by atoms with Crippen molar-refractivity contribution in [3.05, 3.63) is 89.3 Å². The second kappa shape index (κ2) is 10.9. The number of amides is 1. The number of aryl methyl sites for hydroxylation is 2. The summed E-state index contributed by atoms with van der Waals surface area (Å²) < 4.78 is 11.4. The average Bonchev–Trinajstić information content (AvgIpc) is 3.25. The van der Waals surface area contributed by atoms with Crippen LogP contribution >= 0.6 is 12.2 Å². The molecule has 0 aliphatic heterocycles. The third kappa shape index (κ3) is 6.20. The highest BCUT2D eigenvalue weighted by molar-refractivity contribution is 7.80. The van der Waals surface area contributed by atoms with Crippen molar-refractivity contribution >= 4 is 40.0 Å². The molecule has 4 aromatic rings. The molecule has 0 saturated heterocycles. The van der Waals surface area contributed by atoms with Crippen LogP contribution in [0.5, 0.6) is 5.75 Å². The van der Waals surface area contributed by atoms with E-state index in [2.05, 4.69) is 41.6 Å². The van der Waals surface area contributed by atoms with Gasteiger partial charge in [-0.15, -0.1) is 0 Å². The first kappa shape index (κ1) is 23.4. The van der Waals surface area contributed by atoms with Gasteiger partial charge in [0.05, 0.1) is 0 Å². The van der Waals surface area contributed by atoms with Crippen LogP contribution in [-0.4, -0.2) is 22.6 Å². The summed E-state index contributed by atoms with van der Waals surface area (Å²) in [5.74, 6) is 0.999. The molecule has 6 nitrogen and oxygen atoms in total. The van der Waals surface area contributed by atoms with Gasteiger partial charge in [0, 0.05) is 12.1 Å². The van der Waals surface area contributed by atoms with Gasteiger partial charge in [-0.3, -0.25) is 10.1 Å². The number of nitrogens with one attached hydrogen (secondary N) is 2. The van der Waals surface area contributed by atoms with Crippen LogP contribution in [-0.2, 0) is 24.1 Å². The molecule has 1 heterocycles. The normalized spacial score (nSPS) is 10.8. The van der Waals surface area contributed by atoms with E-state index < -0.39 is 0 Å². The van der Waals surface area contributed by atoms with Gasteiger partial charge in [0.2, 0.25) is 0 Å². The topological polar surface area (TPSA) is 76.4 Å². The molecule has 0 fully saturated rings. The first-order valence-electron chi connectivity index (χ1n) is 11.3. The number of hydrogen-bond acceptors (Lipinski definition) is 5. The number of benzene rings is 3. The summed E-state index contributed by atoms with van der Waals surface area (Å²) in [5.41, 5.74) is 5.97. The maximum atomic E-state index is 12.1. The Morgan fingerprint density at radius 3 is 2.32 bits per heavy atom. The molecule has 1 aromatic heterocycles. The van der Waals surface area contributed by atoms with Crippen LogP contribution < -0.4 is 15.4 Å². The number of anilines is 1. The molecule has 0 unspecified atom stereocenters. The van der Waals surface area contributed by atoms with Gasteiger partial charge in [0.15, 0.2) is 23.2 Å². The van der Waals surface area contributed by atoms with E-state index in [9.17, 15) is 4.79 Å². The minimum absolute atomic E-state index is 0.115. The Morgan fingerprint density at radius 1 is 0.941 bits per heavy atom. The zero-order chi connectivity index (χ0) is 23.9. The van der Waals surface area contributed by atoms with Crippen molar-refractivity contribution in [3.8, 4) is 5.75 Å².